The Morgan fingerprint density at radius 3 is 2.07 bits per heavy atom. The minimum Gasteiger partial charge on any atom is -0.497 e. The lowest BCUT2D eigenvalue weighted by Crippen LogP contribution is -2.46. The zero-order valence-electron chi connectivity index (χ0n) is 18.3. The van der Waals surface area contributed by atoms with E-state index in [1.54, 1.807) is 14.2 Å². The second kappa shape index (κ2) is 8.26. The molecule has 0 bridgehead atoms. The molecule has 30 heavy (non-hydrogen) atoms. The monoisotopic (exact) mass is 407 g/mol. The topological polar surface area (TPSA) is 55.6 Å². The van der Waals surface area contributed by atoms with Gasteiger partial charge in [0.15, 0.2) is 0 Å². The number of rotatable bonds is 5. The number of methoxy groups -OCH3 is 2. The molecule has 158 valence electrons. The molecule has 0 aliphatic carbocycles. The molecule has 0 N–H and O–H groups in total. The number of ether oxygens (including phenoxy) is 2. The van der Waals surface area contributed by atoms with Crippen molar-refractivity contribution in [3.05, 3.63) is 47.8 Å². The Hall–Kier alpha value is -3.22. The molecule has 7 nitrogen and oxygen atoms in total. The van der Waals surface area contributed by atoms with Crippen molar-refractivity contribution in [1.29, 1.82) is 0 Å². The van der Waals surface area contributed by atoms with E-state index in [0.29, 0.717) is 5.88 Å². The van der Waals surface area contributed by atoms with Gasteiger partial charge < -0.3 is 19.3 Å². The molecule has 1 aliphatic rings. The number of aryl methyl sites for hydroxylation is 2. The van der Waals surface area contributed by atoms with E-state index in [4.69, 9.17) is 14.5 Å². The Morgan fingerprint density at radius 2 is 1.50 bits per heavy atom. The number of hydrogen-bond acceptors (Lipinski definition) is 6. The lowest BCUT2D eigenvalue weighted by Gasteiger charge is -2.38. The van der Waals surface area contributed by atoms with Crippen molar-refractivity contribution >= 4 is 11.4 Å². The summed E-state index contributed by atoms with van der Waals surface area (Å²) < 4.78 is 12.6. The summed E-state index contributed by atoms with van der Waals surface area (Å²) in [6, 6.07) is 12.3. The third kappa shape index (κ3) is 3.67. The smallest absolute Gasteiger partial charge is 0.213 e. The summed E-state index contributed by atoms with van der Waals surface area (Å²) in [7, 11) is 5.32. The third-order valence-corrected chi connectivity index (χ3v) is 5.86. The average Bonchev–Trinajstić information content (AvgIpc) is 3.04. The summed E-state index contributed by atoms with van der Waals surface area (Å²) in [5.74, 6) is 1.50. The predicted octanol–water partition coefficient (Wildman–Crippen LogP) is 3.44. The Kier molecular flexibility index (Phi) is 5.53. The van der Waals surface area contributed by atoms with Gasteiger partial charge in [0.1, 0.15) is 11.4 Å². The highest BCUT2D eigenvalue weighted by Crippen LogP contribution is 2.35. The number of aromatic nitrogens is 3. The van der Waals surface area contributed by atoms with Crippen LogP contribution >= 0.6 is 0 Å². The van der Waals surface area contributed by atoms with Crippen LogP contribution in [0.25, 0.3) is 11.3 Å². The molecule has 4 rings (SSSR count). The van der Waals surface area contributed by atoms with Crippen LogP contribution in [0.4, 0.5) is 11.4 Å². The fourth-order valence-corrected chi connectivity index (χ4v) is 4.10. The molecule has 0 saturated carbocycles. The summed E-state index contributed by atoms with van der Waals surface area (Å²) in [6.07, 6.45) is 0. The lowest BCUT2D eigenvalue weighted by molar-refractivity contribution is 0.398. The number of nitrogens with zero attached hydrogens (tertiary/aromatic N) is 5. The second-order valence-electron chi connectivity index (χ2n) is 7.56. The molecule has 7 heteroatoms. The molecule has 0 radical (unpaired) electrons. The van der Waals surface area contributed by atoms with Gasteiger partial charge >= 0.3 is 0 Å². The Balaban J connectivity index is 1.60. The van der Waals surface area contributed by atoms with Crippen molar-refractivity contribution in [1.82, 2.24) is 14.8 Å². The number of hydrogen-bond donors (Lipinski definition) is 0. The summed E-state index contributed by atoms with van der Waals surface area (Å²) in [5.41, 5.74) is 6.46. The maximum absolute atomic E-state index is 5.42. The molecule has 0 amide bonds. The minimum atomic E-state index is 0.619. The van der Waals surface area contributed by atoms with Gasteiger partial charge in [-0.05, 0) is 44.2 Å². The van der Waals surface area contributed by atoms with Crippen molar-refractivity contribution < 1.29 is 9.47 Å². The largest absolute Gasteiger partial charge is 0.497 e. The fourth-order valence-electron chi connectivity index (χ4n) is 4.10. The van der Waals surface area contributed by atoms with E-state index in [1.807, 2.05) is 36.9 Å². The number of benzene rings is 1. The van der Waals surface area contributed by atoms with Crippen LogP contribution in [0.3, 0.4) is 0 Å². The van der Waals surface area contributed by atoms with E-state index in [9.17, 15) is 0 Å². The summed E-state index contributed by atoms with van der Waals surface area (Å²) in [6.45, 7) is 7.86. The third-order valence-electron chi connectivity index (χ3n) is 5.86. The standard InChI is InChI=1S/C23H29N5O2/c1-16-22(17(2)26(3)25-16)23-20(10-11-21(24-23)30-5)28-14-12-27(13-15-28)18-6-8-19(29-4)9-7-18/h6-11H,12-15H2,1-5H3. The zero-order chi connectivity index (χ0) is 21.3. The van der Waals surface area contributed by atoms with Gasteiger partial charge in [0.05, 0.1) is 25.6 Å². The molecule has 1 fully saturated rings. The van der Waals surface area contributed by atoms with Crippen molar-refractivity contribution in [3.63, 3.8) is 0 Å². The van der Waals surface area contributed by atoms with Gasteiger partial charge in [-0.2, -0.15) is 5.10 Å². The van der Waals surface area contributed by atoms with E-state index in [-0.39, 0.29) is 0 Å². The average molecular weight is 408 g/mol. The van der Waals surface area contributed by atoms with E-state index in [0.717, 1.165) is 60.3 Å². The van der Waals surface area contributed by atoms with Crippen LogP contribution in [-0.4, -0.2) is 55.2 Å². The molecule has 1 aliphatic heterocycles. The SMILES string of the molecule is COc1ccc(N2CCN(c3ccc(OC)nc3-c3c(C)nn(C)c3C)CC2)cc1. The molecule has 1 saturated heterocycles. The van der Waals surface area contributed by atoms with Crippen LogP contribution in [0.2, 0.25) is 0 Å². The second-order valence-corrected chi connectivity index (χ2v) is 7.56. The van der Waals surface area contributed by atoms with Crippen LogP contribution in [0.1, 0.15) is 11.4 Å². The van der Waals surface area contributed by atoms with Crippen LogP contribution in [0, 0.1) is 13.8 Å². The van der Waals surface area contributed by atoms with Crippen LogP contribution in [-0.2, 0) is 7.05 Å². The maximum Gasteiger partial charge on any atom is 0.213 e. The Morgan fingerprint density at radius 1 is 0.833 bits per heavy atom. The minimum absolute atomic E-state index is 0.619. The first-order chi connectivity index (χ1) is 14.5. The van der Waals surface area contributed by atoms with Gasteiger partial charge in [-0.1, -0.05) is 0 Å². The highest BCUT2D eigenvalue weighted by atomic mass is 16.5. The normalized spacial score (nSPS) is 14.2. The fraction of sp³-hybridized carbons (Fsp3) is 0.391. The van der Waals surface area contributed by atoms with Gasteiger partial charge in [0, 0.05) is 56.2 Å². The van der Waals surface area contributed by atoms with E-state index in [2.05, 4.69) is 40.0 Å². The first-order valence-corrected chi connectivity index (χ1v) is 10.2. The van der Waals surface area contributed by atoms with Crippen LogP contribution in [0.5, 0.6) is 11.6 Å². The summed E-state index contributed by atoms with van der Waals surface area (Å²) >= 11 is 0. The molecular formula is C23H29N5O2. The number of anilines is 2. The van der Waals surface area contributed by atoms with Crippen LogP contribution in [0.15, 0.2) is 36.4 Å². The van der Waals surface area contributed by atoms with Crippen molar-refractivity contribution in [2.75, 3.05) is 50.2 Å². The quantitative estimate of drug-likeness (QED) is 0.646. The molecule has 2 aromatic heterocycles. The zero-order valence-corrected chi connectivity index (χ0v) is 18.3. The highest BCUT2D eigenvalue weighted by Gasteiger charge is 2.24. The van der Waals surface area contributed by atoms with Gasteiger partial charge in [0.2, 0.25) is 5.88 Å². The van der Waals surface area contributed by atoms with E-state index in [1.165, 1.54) is 5.69 Å². The maximum atomic E-state index is 5.42. The summed E-state index contributed by atoms with van der Waals surface area (Å²) in [4.78, 5) is 9.64. The molecule has 1 aromatic carbocycles. The van der Waals surface area contributed by atoms with E-state index >= 15 is 0 Å². The molecule has 3 aromatic rings. The van der Waals surface area contributed by atoms with Crippen molar-refractivity contribution in [2.24, 2.45) is 7.05 Å². The molecule has 0 spiro atoms. The summed E-state index contributed by atoms with van der Waals surface area (Å²) in [5, 5.41) is 4.59. The predicted molar refractivity (Wildman–Crippen MR) is 120 cm³/mol. The molecule has 3 heterocycles. The Labute approximate surface area is 177 Å². The number of piperazine rings is 1. The number of pyridine rings is 1. The van der Waals surface area contributed by atoms with Crippen molar-refractivity contribution in [2.45, 2.75) is 13.8 Å². The van der Waals surface area contributed by atoms with Crippen LogP contribution < -0.4 is 19.3 Å². The van der Waals surface area contributed by atoms with Gasteiger partial charge in [0.25, 0.3) is 0 Å². The molecule has 0 unspecified atom stereocenters. The molecular weight excluding hydrogens is 378 g/mol. The van der Waals surface area contributed by atoms with Crippen molar-refractivity contribution in [3.8, 4) is 22.9 Å². The van der Waals surface area contributed by atoms with Gasteiger partial charge in [-0.25, -0.2) is 4.98 Å². The Bertz CT molecular complexity index is 1020. The molecule has 0 atom stereocenters. The lowest BCUT2D eigenvalue weighted by atomic mass is 10.1. The van der Waals surface area contributed by atoms with E-state index < -0.39 is 0 Å². The first kappa shape index (κ1) is 20.1. The first-order valence-electron chi connectivity index (χ1n) is 10.2. The highest BCUT2D eigenvalue weighted by molar-refractivity contribution is 5.79. The van der Waals surface area contributed by atoms with Gasteiger partial charge in [-0.3, -0.25) is 4.68 Å². The van der Waals surface area contributed by atoms with Gasteiger partial charge in [-0.15, -0.1) is 0 Å².